The molecule has 0 spiro atoms. The molecule has 4 rings (SSSR count). The quantitative estimate of drug-likeness (QED) is 0.358. The Labute approximate surface area is 209 Å². The maximum atomic E-state index is 14.8. The van der Waals surface area contributed by atoms with E-state index >= 15 is 0 Å². The predicted molar refractivity (Wildman–Crippen MR) is 132 cm³/mol. The number of anilines is 2. The molecule has 184 valence electrons. The number of nitrogens with zero attached hydrogens (tertiary/aromatic N) is 3. The van der Waals surface area contributed by atoms with Crippen molar-refractivity contribution in [3.05, 3.63) is 110 Å². The van der Waals surface area contributed by atoms with Gasteiger partial charge < -0.3 is 15.2 Å². The van der Waals surface area contributed by atoms with Gasteiger partial charge in [0.05, 0.1) is 12.1 Å². The fourth-order valence-corrected chi connectivity index (χ4v) is 3.52. The number of carbonyl (C=O) groups is 1. The molecule has 0 aliphatic heterocycles. The lowest BCUT2D eigenvalue weighted by atomic mass is 10.2. The fourth-order valence-electron chi connectivity index (χ4n) is 3.39. The summed E-state index contributed by atoms with van der Waals surface area (Å²) in [4.78, 5) is 40.3. The van der Waals surface area contributed by atoms with Gasteiger partial charge in [-0.05, 0) is 61.0 Å². The zero-order valence-corrected chi connectivity index (χ0v) is 19.7. The summed E-state index contributed by atoms with van der Waals surface area (Å²) in [5.74, 6) is -1.71. The number of halogens is 2. The van der Waals surface area contributed by atoms with Gasteiger partial charge >= 0.3 is 17.3 Å². The summed E-state index contributed by atoms with van der Waals surface area (Å²) < 4.78 is 22.6. The summed E-state index contributed by atoms with van der Waals surface area (Å²) in [6.07, 6.45) is 0. The molecular formula is C25H20ClFN4O5. The predicted octanol–water partition coefficient (Wildman–Crippen LogP) is 4.50. The lowest BCUT2D eigenvalue weighted by Crippen LogP contribution is -2.42. The van der Waals surface area contributed by atoms with E-state index < -0.39 is 23.2 Å². The Kier molecular flexibility index (Phi) is 7.16. The Morgan fingerprint density at radius 1 is 1.06 bits per heavy atom. The van der Waals surface area contributed by atoms with Crippen molar-refractivity contribution in [2.24, 2.45) is 0 Å². The monoisotopic (exact) mass is 510 g/mol. The summed E-state index contributed by atoms with van der Waals surface area (Å²) in [5, 5.41) is 12.4. The topological polar surface area (TPSA) is 115 Å². The minimum atomic E-state index is -1.09. The molecule has 9 nitrogen and oxygen atoms in total. The molecule has 0 radical (unpaired) electrons. The van der Waals surface area contributed by atoms with Gasteiger partial charge in [-0.2, -0.15) is 4.98 Å². The average Bonchev–Trinajstić information content (AvgIpc) is 2.85. The van der Waals surface area contributed by atoms with Crippen molar-refractivity contribution in [1.29, 1.82) is 0 Å². The maximum absolute atomic E-state index is 14.8. The van der Waals surface area contributed by atoms with Crippen LogP contribution in [0.5, 0.6) is 11.5 Å². The number of benzene rings is 3. The van der Waals surface area contributed by atoms with Crippen LogP contribution in [-0.2, 0) is 13.1 Å². The number of carboxylic acids is 1. The van der Waals surface area contributed by atoms with Crippen LogP contribution in [0.1, 0.15) is 22.8 Å². The first-order chi connectivity index (χ1) is 17.2. The average molecular weight is 511 g/mol. The van der Waals surface area contributed by atoms with E-state index in [1.54, 1.807) is 31.2 Å². The summed E-state index contributed by atoms with van der Waals surface area (Å²) in [6, 6.07) is 16.4. The second kappa shape index (κ2) is 10.4. The van der Waals surface area contributed by atoms with Gasteiger partial charge in [-0.3, -0.25) is 4.57 Å². The van der Waals surface area contributed by atoms with Gasteiger partial charge in [-0.15, -0.1) is 0 Å². The number of aromatic nitrogens is 3. The molecule has 0 bridgehead atoms. The lowest BCUT2D eigenvalue weighted by Gasteiger charge is -2.16. The highest BCUT2D eigenvalue weighted by molar-refractivity contribution is 6.30. The van der Waals surface area contributed by atoms with Gasteiger partial charge in [0.25, 0.3) is 0 Å². The van der Waals surface area contributed by atoms with Crippen molar-refractivity contribution in [2.45, 2.75) is 20.0 Å². The SMILES string of the molecule is CCn1c(=O)nc(Nc2ccc(Oc3ccc(C(=O)O)cc3)c(F)c2)n(Cc2ccc(Cl)cc2)c1=O. The van der Waals surface area contributed by atoms with Crippen molar-refractivity contribution in [1.82, 2.24) is 14.1 Å². The second-order valence-corrected chi connectivity index (χ2v) is 8.10. The molecule has 0 unspecified atom stereocenters. The highest BCUT2D eigenvalue weighted by Gasteiger charge is 2.15. The Bertz CT molecular complexity index is 1530. The Morgan fingerprint density at radius 3 is 2.36 bits per heavy atom. The third kappa shape index (κ3) is 5.44. The number of ether oxygens (including phenoxy) is 1. The molecule has 1 aromatic heterocycles. The molecule has 0 aliphatic carbocycles. The van der Waals surface area contributed by atoms with Crippen LogP contribution in [0.3, 0.4) is 0 Å². The van der Waals surface area contributed by atoms with Crippen LogP contribution >= 0.6 is 11.6 Å². The van der Waals surface area contributed by atoms with Crippen LogP contribution in [0.2, 0.25) is 5.02 Å². The van der Waals surface area contributed by atoms with E-state index in [4.69, 9.17) is 21.4 Å². The van der Waals surface area contributed by atoms with E-state index in [0.717, 1.165) is 16.2 Å². The first-order valence-electron chi connectivity index (χ1n) is 10.8. The summed E-state index contributed by atoms with van der Waals surface area (Å²) in [5.41, 5.74) is -0.254. The molecule has 3 aromatic carbocycles. The van der Waals surface area contributed by atoms with Gasteiger partial charge in [0.15, 0.2) is 11.6 Å². The minimum Gasteiger partial charge on any atom is -0.478 e. The van der Waals surface area contributed by atoms with Gasteiger partial charge in [0.1, 0.15) is 5.75 Å². The molecule has 0 fully saturated rings. The second-order valence-electron chi connectivity index (χ2n) is 7.66. The zero-order valence-electron chi connectivity index (χ0n) is 18.9. The maximum Gasteiger partial charge on any atom is 0.354 e. The van der Waals surface area contributed by atoms with Crippen LogP contribution in [-0.4, -0.2) is 25.2 Å². The fraction of sp³-hybridized carbons (Fsp3) is 0.120. The highest BCUT2D eigenvalue weighted by Crippen LogP contribution is 2.28. The summed E-state index contributed by atoms with van der Waals surface area (Å²) in [6.45, 7) is 1.90. The first kappa shape index (κ1) is 24.7. The van der Waals surface area contributed by atoms with Gasteiger partial charge in [-0.1, -0.05) is 23.7 Å². The van der Waals surface area contributed by atoms with E-state index in [-0.39, 0.29) is 41.8 Å². The van der Waals surface area contributed by atoms with Gasteiger partial charge in [-0.25, -0.2) is 23.3 Å². The summed E-state index contributed by atoms with van der Waals surface area (Å²) >= 11 is 5.94. The molecule has 0 saturated carbocycles. The molecular weight excluding hydrogens is 491 g/mol. The van der Waals surface area contributed by atoms with Crippen LogP contribution in [0.4, 0.5) is 16.0 Å². The Balaban J connectivity index is 1.62. The van der Waals surface area contributed by atoms with E-state index in [1.165, 1.54) is 41.0 Å². The summed E-state index contributed by atoms with van der Waals surface area (Å²) in [7, 11) is 0. The minimum absolute atomic E-state index is 0.0537. The number of aromatic carboxylic acids is 1. The van der Waals surface area contributed by atoms with Crippen LogP contribution in [0.25, 0.3) is 0 Å². The van der Waals surface area contributed by atoms with Crippen molar-refractivity contribution in [3.63, 3.8) is 0 Å². The van der Waals surface area contributed by atoms with E-state index in [1.807, 2.05) is 0 Å². The lowest BCUT2D eigenvalue weighted by molar-refractivity contribution is 0.0697. The third-order valence-corrected chi connectivity index (χ3v) is 5.49. The van der Waals surface area contributed by atoms with Gasteiger partial charge in [0, 0.05) is 23.3 Å². The number of carboxylic acid groups (broad SMARTS) is 1. The van der Waals surface area contributed by atoms with Crippen LogP contribution in [0, 0.1) is 5.82 Å². The van der Waals surface area contributed by atoms with Crippen molar-refractivity contribution >= 4 is 29.2 Å². The van der Waals surface area contributed by atoms with Crippen molar-refractivity contribution < 1.29 is 19.0 Å². The molecule has 0 atom stereocenters. The van der Waals surface area contributed by atoms with Crippen LogP contribution < -0.4 is 21.4 Å². The molecule has 0 amide bonds. The normalized spacial score (nSPS) is 10.8. The van der Waals surface area contributed by atoms with Crippen LogP contribution in [0.15, 0.2) is 76.3 Å². The number of nitrogens with one attached hydrogen (secondary N) is 1. The van der Waals surface area contributed by atoms with Crippen molar-refractivity contribution in [3.8, 4) is 11.5 Å². The van der Waals surface area contributed by atoms with E-state index in [2.05, 4.69) is 10.3 Å². The van der Waals surface area contributed by atoms with Crippen molar-refractivity contribution in [2.75, 3.05) is 5.32 Å². The van der Waals surface area contributed by atoms with Gasteiger partial charge in [0.2, 0.25) is 5.95 Å². The molecule has 36 heavy (non-hydrogen) atoms. The van der Waals surface area contributed by atoms with E-state index in [9.17, 15) is 18.8 Å². The van der Waals surface area contributed by atoms with E-state index in [0.29, 0.717) is 5.02 Å². The highest BCUT2D eigenvalue weighted by atomic mass is 35.5. The number of hydrogen-bond donors (Lipinski definition) is 2. The standard InChI is InChI=1S/C25H20ClFN4O5/c1-2-30-24(34)29-23(31(25(30)35)14-15-3-7-17(26)8-4-15)28-18-9-12-21(20(27)13-18)36-19-10-5-16(6-11-19)22(32)33/h3-13H,2,14H2,1H3,(H,32,33)(H,28,29,34). The Hall–Kier alpha value is -4.44. The molecule has 0 aliphatic rings. The molecule has 2 N–H and O–H groups in total. The number of hydrogen-bond acceptors (Lipinski definition) is 6. The first-order valence-corrected chi connectivity index (χ1v) is 11.2. The molecule has 1 heterocycles. The Morgan fingerprint density at radius 2 is 1.75 bits per heavy atom. The molecule has 4 aromatic rings. The number of rotatable bonds is 8. The molecule has 0 saturated heterocycles. The smallest absolute Gasteiger partial charge is 0.354 e. The third-order valence-electron chi connectivity index (χ3n) is 5.24. The zero-order chi connectivity index (χ0) is 25.8. The largest absolute Gasteiger partial charge is 0.478 e. The molecule has 11 heteroatoms.